The maximum Gasteiger partial charge on any atom is 0.0601 e. The molecule has 2 aromatic rings. The predicted octanol–water partition coefficient (Wildman–Crippen LogP) is 2.95. The van der Waals surface area contributed by atoms with E-state index in [2.05, 4.69) is 35.6 Å². The van der Waals surface area contributed by atoms with Crippen molar-refractivity contribution >= 4 is 21.4 Å². The highest BCUT2D eigenvalue weighted by molar-refractivity contribution is 7.19. The third-order valence-electron chi connectivity index (χ3n) is 2.53. The Hall–Kier alpha value is -0.860. The lowest BCUT2D eigenvalue weighted by atomic mass is 10.1. The molecule has 1 unspecified atom stereocenters. The van der Waals surface area contributed by atoms with Crippen molar-refractivity contribution in [3.05, 3.63) is 35.2 Å². The minimum atomic E-state index is 0.511. The molecule has 65 valence electrons. The molecule has 1 nitrogen and oxygen atoms in total. The van der Waals surface area contributed by atoms with Gasteiger partial charge in [0.1, 0.15) is 0 Å². The first kappa shape index (κ1) is 7.54. The number of thiophene rings is 1. The fourth-order valence-electron chi connectivity index (χ4n) is 1.66. The first-order valence-electron chi connectivity index (χ1n) is 4.58. The highest BCUT2D eigenvalue weighted by Gasteiger charge is 2.21. The van der Waals surface area contributed by atoms with E-state index in [9.17, 15) is 0 Å². The fourth-order valence-corrected chi connectivity index (χ4v) is 2.82. The Morgan fingerprint density at radius 3 is 2.85 bits per heavy atom. The van der Waals surface area contributed by atoms with E-state index in [1.54, 1.807) is 0 Å². The molecule has 0 amide bonds. The number of nitrogens with zero attached hydrogens (tertiary/aromatic N) is 1. The Kier molecular flexibility index (Phi) is 1.64. The Morgan fingerprint density at radius 2 is 2.15 bits per heavy atom. The molecule has 1 radical (unpaired) electrons. The maximum atomic E-state index is 4.44. The summed E-state index contributed by atoms with van der Waals surface area (Å²) in [6.07, 6.45) is 1.24. The maximum absolute atomic E-state index is 4.44. The van der Waals surface area contributed by atoms with Gasteiger partial charge in [0, 0.05) is 16.1 Å². The summed E-state index contributed by atoms with van der Waals surface area (Å²) in [5.74, 6) is 0. The van der Waals surface area contributed by atoms with E-state index in [4.69, 9.17) is 0 Å². The number of benzene rings is 1. The minimum Gasteiger partial charge on any atom is -0.233 e. The third-order valence-corrected chi connectivity index (χ3v) is 3.74. The van der Waals surface area contributed by atoms with Crippen LogP contribution in [0.4, 0.5) is 0 Å². The molecule has 1 aliphatic heterocycles. The van der Waals surface area contributed by atoms with Crippen molar-refractivity contribution in [1.82, 2.24) is 5.32 Å². The fraction of sp³-hybridized carbons (Fsp3) is 0.273. The van der Waals surface area contributed by atoms with Crippen LogP contribution < -0.4 is 5.32 Å². The van der Waals surface area contributed by atoms with Gasteiger partial charge in [0.15, 0.2) is 0 Å². The summed E-state index contributed by atoms with van der Waals surface area (Å²) in [7, 11) is 0. The smallest absolute Gasteiger partial charge is 0.0601 e. The number of fused-ring (bicyclic) bond motifs is 1. The van der Waals surface area contributed by atoms with Crippen molar-refractivity contribution in [2.75, 3.05) is 6.54 Å². The summed E-state index contributed by atoms with van der Waals surface area (Å²) in [6.45, 7) is 1.05. The monoisotopic (exact) mass is 188 g/mol. The average molecular weight is 188 g/mol. The lowest BCUT2D eigenvalue weighted by Crippen LogP contribution is -2.27. The van der Waals surface area contributed by atoms with Gasteiger partial charge >= 0.3 is 0 Å². The molecule has 3 rings (SSSR count). The van der Waals surface area contributed by atoms with Crippen LogP contribution in [0.25, 0.3) is 10.1 Å². The van der Waals surface area contributed by atoms with Crippen LogP contribution in [0.15, 0.2) is 30.3 Å². The molecule has 2 heteroatoms. The largest absolute Gasteiger partial charge is 0.233 e. The minimum absolute atomic E-state index is 0.511. The summed E-state index contributed by atoms with van der Waals surface area (Å²) in [6, 6.07) is 11.3. The predicted molar refractivity (Wildman–Crippen MR) is 56.2 cm³/mol. The molecule has 1 atom stereocenters. The lowest BCUT2D eigenvalue weighted by Gasteiger charge is -2.23. The second-order valence-electron chi connectivity index (χ2n) is 3.40. The van der Waals surface area contributed by atoms with Gasteiger partial charge in [-0.15, -0.1) is 11.3 Å². The van der Waals surface area contributed by atoms with Crippen LogP contribution in [-0.2, 0) is 0 Å². The summed E-state index contributed by atoms with van der Waals surface area (Å²) in [5, 5.41) is 5.81. The van der Waals surface area contributed by atoms with E-state index in [1.165, 1.54) is 21.4 Å². The molecule has 0 saturated carbocycles. The molecule has 13 heavy (non-hydrogen) atoms. The molecule has 0 bridgehead atoms. The average Bonchev–Trinajstić information content (AvgIpc) is 2.43. The van der Waals surface area contributed by atoms with Crippen LogP contribution in [0.2, 0.25) is 0 Å². The van der Waals surface area contributed by atoms with E-state index in [0.29, 0.717) is 6.04 Å². The van der Waals surface area contributed by atoms with Gasteiger partial charge in [0.2, 0.25) is 0 Å². The Labute approximate surface area is 81.4 Å². The van der Waals surface area contributed by atoms with Gasteiger partial charge in [-0.1, -0.05) is 18.2 Å². The van der Waals surface area contributed by atoms with E-state index < -0.39 is 0 Å². The highest BCUT2D eigenvalue weighted by atomic mass is 32.1. The normalized spacial score (nSPS) is 21.7. The van der Waals surface area contributed by atoms with Crippen LogP contribution in [-0.4, -0.2) is 6.54 Å². The van der Waals surface area contributed by atoms with Gasteiger partial charge in [-0.25, -0.2) is 5.32 Å². The molecule has 1 aromatic heterocycles. The van der Waals surface area contributed by atoms with Crippen molar-refractivity contribution in [3.63, 3.8) is 0 Å². The molecule has 0 N–H and O–H groups in total. The molecular weight excluding hydrogens is 178 g/mol. The van der Waals surface area contributed by atoms with Crippen LogP contribution in [0.1, 0.15) is 17.3 Å². The second kappa shape index (κ2) is 2.82. The van der Waals surface area contributed by atoms with E-state index in [-0.39, 0.29) is 0 Å². The highest BCUT2D eigenvalue weighted by Crippen LogP contribution is 2.34. The second-order valence-corrected chi connectivity index (χ2v) is 4.51. The van der Waals surface area contributed by atoms with Crippen LogP contribution in [0.5, 0.6) is 0 Å². The van der Waals surface area contributed by atoms with Gasteiger partial charge in [0.05, 0.1) is 6.04 Å². The third kappa shape index (κ3) is 1.18. The summed E-state index contributed by atoms with van der Waals surface area (Å²) >= 11 is 1.89. The van der Waals surface area contributed by atoms with Crippen LogP contribution >= 0.6 is 11.3 Å². The molecule has 1 fully saturated rings. The van der Waals surface area contributed by atoms with Crippen molar-refractivity contribution in [3.8, 4) is 0 Å². The molecule has 2 heterocycles. The Morgan fingerprint density at radius 1 is 1.31 bits per heavy atom. The van der Waals surface area contributed by atoms with Crippen molar-refractivity contribution < 1.29 is 0 Å². The quantitative estimate of drug-likeness (QED) is 0.653. The lowest BCUT2D eigenvalue weighted by molar-refractivity contribution is 0.378. The first-order valence-corrected chi connectivity index (χ1v) is 5.40. The zero-order valence-corrected chi connectivity index (χ0v) is 8.05. The molecule has 1 aliphatic rings. The molecule has 1 saturated heterocycles. The van der Waals surface area contributed by atoms with Gasteiger partial charge in [-0.3, -0.25) is 0 Å². The SMILES string of the molecule is c1ccc2sc(C3CC[N]3)cc2c1. The van der Waals surface area contributed by atoms with Gasteiger partial charge < -0.3 is 0 Å². The molecular formula is C11H10NS. The first-order chi connectivity index (χ1) is 6.43. The standard InChI is InChI=1S/C11H10NS/c1-2-4-10-8(3-1)7-11(13-10)9-5-6-12-9/h1-4,7,9H,5-6H2. The van der Waals surface area contributed by atoms with Crippen molar-refractivity contribution in [2.45, 2.75) is 12.5 Å². The number of rotatable bonds is 1. The van der Waals surface area contributed by atoms with Crippen molar-refractivity contribution in [2.24, 2.45) is 0 Å². The molecule has 1 aromatic carbocycles. The van der Waals surface area contributed by atoms with Gasteiger partial charge in [0.25, 0.3) is 0 Å². The molecule has 0 spiro atoms. The topological polar surface area (TPSA) is 14.1 Å². The van der Waals surface area contributed by atoms with E-state index in [0.717, 1.165) is 6.54 Å². The molecule has 0 aliphatic carbocycles. The van der Waals surface area contributed by atoms with Gasteiger partial charge in [-0.2, -0.15) is 0 Å². The Bertz CT molecular complexity index is 395. The number of hydrogen-bond acceptors (Lipinski definition) is 1. The van der Waals surface area contributed by atoms with Crippen molar-refractivity contribution in [1.29, 1.82) is 0 Å². The van der Waals surface area contributed by atoms with E-state index >= 15 is 0 Å². The summed E-state index contributed by atoms with van der Waals surface area (Å²) < 4.78 is 1.39. The Balaban J connectivity index is 2.10. The zero-order valence-electron chi connectivity index (χ0n) is 7.23. The van der Waals surface area contributed by atoms with E-state index in [1.807, 2.05) is 11.3 Å². The van der Waals surface area contributed by atoms with Crippen LogP contribution in [0.3, 0.4) is 0 Å². The number of hydrogen-bond donors (Lipinski definition) is 0. The van der Waals surface area contributed by atoms with Gasteiger partial charge in [-0.05, 0) is 23.9 Å². The van der Waals surface area contributed by atoms with Crippen LogP contribution in [0, 0.1) is 0 Å². The zero-order chi connectivity index (χ0) is 8.67. The summed E-state index contributed by atoms with van der Waals surface area (Å²) in [4.78, 5) is 1.44. The summed E-state index contributed by atoms with van der Waals surface area (Å²) in [5.41, 5.74) is 0.